The van der Waals surface area contributed by atoms with E-state index in [0.29, 0.717) is 22.2 Å². The van der Waals surface area contributed by atoms with Gasteiger partial charge in [-0.05, 0) is 26.0 Å². The Kier molecular flexibility index (Phi) is 4.70. The molecule has 2 amide bonds. The molecule has 0 spiro atoms. The van der Waals surface area contributed by atoms with E-state index in [1.54, 1.807) is 19.9 Å². The van der Waals surface area contributed by atoms with Gasteiger partial charge in [-0.1, -0.05) is 18.2 Å². The van der Waals surface area contributed by atoms with Gasteiger partial charge in [0.25, 0.3) is 5.91 Å². The van der Waals surface area contributed by atoms with Gasteiger partial charge in [-0.25, -0.2) is 4.98 Å². The monoisotopic (exact) mass is 394 g/mol. The molecule has 3 aromatic heterocycles. The number of aromatic nitrogens is 2. The summed E-state index contributed by atoms with van der Waals surface area (Å²) in [6.07, 6.45) is 1.90. The Labute approximate surface area is 164 Å². The average molecular weight is 394 g/mol. The number of fused-ring (bicyclic) bond motifs is 1. The molecular formula is C20H18N4O3S. The molecule has 3 heterocycles. The van der Waals surface area contributed by atoms with Gasteiger partial charge in [0.1, 0.15) is 11.5 Å². The van der Waals surface area contributed by atoms with Crippen molar-refractivity contribution in [2.45, 2.75) is 13.8 Å². The van der Waals surface area contributed by atoms with Crippen LogP contribution in [0.1, 0.15) is 21.9 Å². The van der Waals surface area contributed by atoms with Gasteiger partial charge in [0.2, 0.25) is 5.91 Å². The second-order valence-corrected chi connectivity index (χ2v) is 7.20. The lowest BCUT2D eigenvalue weighted by molar-refractivity contribution is -0.115. The van der Waals surface area contributed by atoms with E-state index in [-0.39, 0.29) is 18.4 Å². The molecule has 0 aliphatic rings. The van der Waals surface area contributed by atoms with E-state index in [4.69, 9.17) is 4.42 Å². The van der Waals surface area contributed by atoms with Crippen molar-refractivity contribution in [1.82, 2.24) is 15.3 Å². The Hall–Kier alpha value is -3.39. The summed E-state index contributed by atoms with van der Waals surface area (Å²) >= 11 is 1.34. The number of rotatable bonds is 5. The SMILES string of the molecule is Cc1cc(C(=O)NCC(=O)Nc2nc(-c3c[nH]c4ccccc34)cs2)c(C)o1. The highest BCUT2D eigenvalue weighted by Gasteiger charge is 2.15. The van der Waals surface area contributed by atoms with Crippen molar-refractivity contribution in [3.05, 3.63) is 59.0 Å². The normalized spacial score (nSPS) is 10.9. The van der Waals surface area contributed by atoms with Crippen LogP contribution in [0, 0.1) is 13.8 Å². The van der Waals surface area contributed by atoms with Crippen molar-refractivity contribution in [3.63, 3.8) is 0 Å². The standard InChI is InChI=1S/C20H18N4O3S/c1-11-7-14(12(2)27-11)19(26)22-9-18(25)24-20-23-17(10-28-20)15-8-21-16-6-4-3-5-13(15)16/h3-8,10,21H,9H2,1-2H3,(H,22,26)(H,23,24,25). The first kappa shape index (κ1) is 18.0. The average Bonchev–Trinajstić information content (AvgIpc) is 3.38. The second kappa shape index (κ2) is 7.32. The highest BCUT2D eigenvalue weighted by molar-refractivity contribution is 7.14. The van der Waals surface area contributed by atoms with Crippen molar-refractivity contribution in [2.24, 2.45) is 0 Å². The Morgan fingerprint density at radius 3 is 2.86 bits per heavy atom. The third kappa shape index (κ3) is 3.54. The molecule has 4 aromatic rings. The molecule has 0 radical (unpaired) electrons. The van der Waals surface area contributed by atoms with E-state index in [0.717, 1.165) is 22.2 Å². The minimum atomic E-state index is -0.344. The van der Waals surface area contributed by atoms with Gasteiger partial charge in [-0.2, -0.15) is 0 Å². The maximum atomic E-state index is 12.2. The predicted molar refractivity (Wildman–Crippen MR) is 109 cm³/mol. The van der Waals surface area contributed by atoms with Crippen molar-refractivity contribution in [1.29, 1.82) is 0 Å². The van der Waals surface area contributed by atoms with Gasteiger partial charge in [0.05, 0.1) is 17.8 Å². The summed E-state index contributed by atoms with van der Waals surface area (Å²) < 4.78 is 5.33. The van der Waals surface area contributed by atoms with Gasteiger partial charge in [0, 0.05) is 28.0 Å². The number of hydrogen-bond donors (Lipinski definition) is 3. The van der Waals surface area contributed by atoms with Gasteiger partial charge < -0.3 is 20.0 Å². The number of aryl methyl sites for hydroxylation is 2. The lowest BCUT2D eigenvalue weighted by atomic mass is 10.1. The molecule has 8 heteroatoms. The van der Waals surface area contributed by atoms with E-state index in [9.17, 15) is 9.59 Å². The molecule has 0 atom stereocenters. The van der Waals surface area contributed by atoms with Crippen LogP contribution in [0.5, 0.6) is 0 Å². The number of thiazole rings is 1. The molecule has 28 heavy (non-hydrogen) atoms. The van der Waals surface area contributed by atoms with E-state index >= 15 is 0 Å². The largest absolute Gasteiger partial charge is 0.466 e. The van der Waals surface area contributed by atoms with Crippen LogP contribution >= 0.6 is 11.3 Å². The summed E-state index contributed by atoms with van der Waals surface area (Å²) in [7, 11) is 0. The smallest absolute Gasteiger partial charge is 0.255 e. The van der Waals surface area contributed by atoms with E-state index < -0.39 is 0 Å². The Morgan fingerprint density at radius 1 is 1.25 bits per heavy atom. The van der Waals surface area contributed by atoms with Crippen LogP contribution in [0.15, 0.2) is 46.3 Å². The molecular weight excluding hydrogens is 376 g/mol. The number of benzene rings is 1. The molecule has 0 aliphatic heterocycles. The van der Waals surface area contributed by atoms with Crippen LogP contribution in [0.3, 0.4) is 0 Å². The minimum Gasteiger partial charge on any atom is -0.466 e. The third-order valence-corrected chi connectivity index (χ3v) is 5.07. The lowest BCUT2D eigenvalue weighted by Gasteiger charge is -2.04. The quantitative estimate of drug-likeness (QED) is 0.478. The van der Waals surface area contributed by atoms with Crippen LogP contribution in [0.25, 0.3) is 22.2 Å². The highest BCUT2D eigenvalue weighted by atomic mass is 32.1. The molecule has 1 aromatic carbocycles. The van der Waals surface area contributed by atoms with Gasteiger partial charge >= 0.3 is 0 Å². The van der Waals surface area contributed by atoms with Crippen LogP contribution in [0.2, 0.25) is 0 Å². The number of carbonyl (C=O) groups excluding carboxylic acids is 2. The van der Waals surface area contributed by atoms with Crippen LogP contribution in [0.4, 0.5) is 5.13 Å². The molecule has 142 valence electrons. The number of hydrogen-bond acceptors (Lipinski definition) is 5. The summed E-state index contributed by atoms with van der Waals surface area (Å²) in [5.74, 6) is 0.493. The van der Waals surface area contributed by atoms with Crippen LogP contribution in [-0.2, 0) is 4.79 Å². The summed E-state index contributed by atoms with van der Waals surface area (Å²) in [5.41, 5.74) is 3.22. The summed E-state index contributed by atoms with van der Waals surface area (Å²) in [6, 6.07) is 9.61. The zero-order valence-electron chi connectivity index (χ0n) is 15.3. The number of anilines is 1. The summed E-state index contributed by atoms with van der Waals surface area (Å²) in [5, 5.41) is 8.76. The highest BCUT2D eigenvalue weighted by Crippen LogP contribution is 2.30. The predicted octanol–water partition coefficient (Wildman–Crippen LogP) is 3.87. The van der Waals surface area contributed by atoms with E-state index in [1.165, 1.54) is 11.3 Å². The molecule has 0 saturated heterocycles. The first-order valence-corrected chi connectivity index (χ1v) is 9.56. The fraction of sp³-hybridized carbons (Fsp3) is 0.150. The zero-order valence-corrected chi connectivity index (χ0v) is 16.1. The molecule has 0 saturated carbocycles. The van der Waals surface area contributed by atoms with Crippen molar-refractivity contribution in [3.8, 4) is 11.3 Å². The number of aromatic amines is 1. The number of carbonyl (C=O) groups is 2. The van der Waals surface area contributed by atoms with E-state index in [1.807, 2.05) is 35.8 Å². The first-order valence-electron chi connectivity index (χ1n) is 8.68. The number of para-hydroxylation sites is 1. The van der Waals surface area contributed by atoms with Crippen molar-refractivity contribution < 1.29 is 14.0 Å². The fourth-order valence-corrected chi connectivity index (χ4v) is 3.74. The maximum Gasteiger partial charge on any atom is 0.255 e. The number of H-pyrrole nitrogens is 1. The topological polar surface area (TPSA) is 100 Å². The first-order chi connectivity index (χ1) is 13.5. The number of furan rings is 1. The van der Waals surface area contributed by atoms with Gasteiger partial charge in [-0.3, -0.25) is 9.59 Å². The third-order valence-electron chi connectivity index (χ3n) is 4.31. The van der Waals surface area contributed by atoms with Gasteiger partial charge in [0.15, 0.2) is 5.13 Å². The molecule has 7 nitrogen and oxygen atoms in total. The molecule has 0 fully saturated rings. The number of amides is 2. The van der Waals surface area contributed by atoms with Gasteiger partial charge in [-0.15, -0.1) is 11.3 Å². The van der Waals surface area contributed by atoms with Crippen molar-refractivity contribution in [2.75, 3.05) is 11.9 Å². The number of nitrogens with one attached hydrogen (secondary N) is 3. The summed E-state index contributed by atoms with van der Waals surface area (Å²) in [6.45, 7) is 3.33. The minimum absolute atomic E-state index is 0.148. The Morgan fingerprint density at radius 2 is 2.07 bits per heavy atom. The second-order valence-electron chi connectivity index (χ2n) is 6.34. The van der Waals surface area contributed by atoms with Crippen LogP contribution < -0.4 is 10.6 Å². The lowest BCUT2D eigenvalue weighted by Crippen LogP contribution is -2.32. The number of nitrogens with zero attached hydrogens (tertiary/aromatic N) is 1. The van der Waals surface area contributed by atoms with Crippen molar-refractivity contribution >= 4 is 39.2 Å². The molecule has 3 N–H and O–H groups in total. The fourth-order valence-electron chi connectivity index (χ4n) is 3.01. The maximum absolute atomic E-state index is 12.2. The van der Waals surface area contributed by atoms with E-state index in [2.05, 4.69) is 20.6 Å². The Bertz CT molecular complexity index is 1170. The van der Waals surface area contributed by atoms with Crippen LogP contribution in [-0.4, -0.2) is 28.3 Å². The molecule has 0 aliphatic carbocycles. The molecule has 4 rings (SSSR count). The zero-order chi connectivity index (χ0) is 19.7. The molecule has 0 unspecified atom stereocenters. The molecule has 0 bridgehead atoms. The summed E-state index contributed by atoms with van der Waals surface area (Å²) in [4.78, 5) is 32.0. The Balaban J connectivity index is 1.39.